The third-order valence-electron chi connectivity index (χ3n) is 4.65. The van der Waals surface area contributed by atoms with E-state index in [9.17, 15) is 9.59 Å². The first-order valence-corrected chi connectivity index (χ1v) is 8.12. The molecule has 0 saturated heterocycles. The number of rotatable bonds is 2. The van der Waals surface area contributed by atoms with Gasteiger partial charge in [-0.2, -0.15) is 5.10 Å². The summed E-state index contributed by atoms with van der Waals surface area (Å²) in [7, 11) is 6.68. The lowest BCUT2D eigenvalue weighted by molar-refractivity contribution is 0.705. The van der Waals surface area contributed by atoms with Gasteiger partial charge in [0.25, 0.3) is 5.56 Å². The molecule has 0 fully saturated rings. The summed E-state index contributed by atoms with van der Waals surface area (Å²) < 4.78 is 5.91. The maximum atomic E-state index is 12.5. The van der Waals surface area contributed by atoms with E-state index >= 15 is 0 Å². The van der Waals surface area contributed by atoms with Crippen molar-refractivity contribution in [2.45, 2.75) is 0 Å². The highest BCUT2D eigenvalue weighted by Gasteiger charge is 2.20. The molecule has 0 aliphatic rings. The minimum atomic E-state index is -0.401. The van der Waals surface area contributed by atoms with E-state index in [1.807, 2.05) is 43.4 Å². The van der Waals surface area contributed by atoms with Crippen LogP contribution in [-0.4, -0.2) is 28.5 Å². The Morgan fingerprint density at radius 1 is 0.885 bits per heavy atom. The van der Waals surface area contributed by atoms with Crippen molar-refractivity contribution < 1.29 is 0 Å². The van der Waals surface area contributed by atoms with E-state index in [0.717, 1.165) is 21.5 Å². The molecule has 0 spiro atoms. The Kier molecular flexibility index (Phi) is 3.43. The van der Waals surface area contributed by atoms with Crippen LogP contribution in [0.5, 0.6) is 0 Å². The molecule has 3 aromatic heterocycles. The fraction of sp³-hybridized carbons (Fsp3) is 0.222. The molecule has 3 heterocycles. The van der Waals surface area contributed by atoms with Gasteiger partial charge < -0.3 is 4.57 Å². The van der Waals surface area contributed by atoms with Crippen molar-refractivity contribution in [2.75, 3.05) is 0 Å². The summed E-state index contributed by atoms with van der Waals surface area (Å²) in [6, 6.07) is 11.8. The quantitative estimate of drug-likeness (QED) is 0.541. The summed E-state index contributed by atoms with van der Waals surface area (Å²) in [5, 5.41) is 4.56. The van der Waals surface area contributed by atoms with Crippen LogP contribution in [0.1, 0.15) is 0 Å². The van der Waals surface area contributed by atoms with Crippen molar-refractivity contribution in [3.63, 3.8) is 0 Å². The Morgan fingerprint density at radius 2 is 1.58 bits per heavy atom. The number of imidazole rings is 1. The van der Waals surface area contributed by atoms with Gasteiger partial charge in [0.05, 0.1) is 5.69 Å². The molecule has 0 radical (unpaired) electrons. The van der Waals surface area contributed by atoms with Gasteiger partial charge in [0, 0.05) is 33.8 Å². The van der Waals surface area contributed by atoms with Gasteiger partial charge in [-0.3, -0.25) is 18.6 Å². The van der Waals surface area contributed by atoms with Crippen molar-refractivity contribution in [3.05, 3.63) is 57.2 Å². The van der Waals surface area contributed by atoms with Gasteiger partial charge in [0.1, 0.15) is 5.69 Å². The molecule has 0 aliphatic carbocycles. The molecule has 4 rings (SSSR count). The number of fused-ring (bicyclic) bond motifs is 1. The molecule has 8 heteroatoms. The van der Waals surface area contributed by atoms with Crippen molar-refractivity contribution in [1.82, 2.24) is 28.5 Å². The molecule has 0 amide bonds. The van der Waals surface area contributed by atoms with E-state index < -0.39 is 5.69 Å². The van der Waals surface area contributed by atoms with E-state index in [2.05, 4.69) is 10.1 Å². The minimum Gasteiger partial charge on any atom is -0.320 e. The first kappa shape index (κ1) is 16.1. The van der Waals surface area contributed by atoms with Crippen LogP contribution in [0, 0.1) is 0 Å². The van der Waals surface area contributed by atoms with Crippen LogP contribution in [-0.2, 0) is 28.2 Å². The van der Waals surface area contributed by atoms with Crippen molar-refractivity contribution in [1.29, 1.82) is 0 Å². The van der Waals surface area contributed by atoms with Gasteiger partial charge in [-0.15, -0.1) is 0 Å². The molecule has 0 saturated carbocycles. The highest BCUT2D eigenvalue weighted by molar-refractivity contribution is 5.77. The highest BCUT2D eigenvalue weighted by Crippen LogP contribution is 2.26. The normalized spacial score (nSPS) is 11.4. The second-order valence-electron chi connectivity index (χ2n) is 6.28. The monoisotopic (exact) mass is 350 g/mol. The Hall–Kier alpha value is -3.42. The Labute approximate surface area is 148 Å². The van der Waals surface area contributed by atoms with Crippen LogP contribution < -0.4 is 11.2 Å². The second kappa shape index (κ2) is 5.55. The van der Waals surface area contributed by atoms with Gasteiger partial charge >= 0.3 is 5.69 Å². The molecule has 0 N–H and O–H groups in total. The molecule has 4 aromatic rings. The third-order valence-corrected chi connectivity index (χ3v) is 4.65. The average Bonchev–Trinajstić information content (AvgIpc) is 3.19. The third kappa shape index (κ3) is 2.15. The number of benzene rings is 1. The summed E-state index contributed by atoms with van der Waals surface area (Å²) in [4.78, 5) is 29.3. The molecule has 0 unspecified atom stereocenters. The van der Waals surface area contributed by atoms with Crippen molar-refractivity contribution in [3.8, 4) is 22.8 Å². The highest BCUT2D eigenvalue weighted by atomic mass is 16.2. The van der Waals surface area contributed by atoms with E-state index in [-0.39, 0.29) is 5.56 Å². The van der Waals surface area contributed by atoms with Crippen LogP contribution in [0.2, 0.25) is 0 Å². The number of hydrogen-bond acceptors (Lipinski definition) is 4. The summed E-state index contributed by atoms with van der Waals surface area (Å²) in [6.07, 6.45) is 0. The Bertz CT molecular complexity index is 1260. The van der Waals surface area contributed by atoms with Crippen molar-refractivity contribution in [2.24, 2.45) is 28.2 Å². The molecule has 0 aliphatic heterocycles. The van der Waals surface area contributed by atoms with Crippen LogP contribution in [0.15, 0.2) is 46.0 Å². The lowest BCUT2D eigenvalue weighted by Crippen LogP contribution is -2.37. The maximum absolute atomic E-state index is 12.5. The van der Waals surface area contributed by atoms with Gasteiger partial charge in [-0.05, 0) is 6.07 Å². The molecule has 132 valence electrons. The molecular formula is C18H18N6O2. The zero-order valence-electron chi connectivity index (χ0n) is 15.0. The van der Waals surface area contributed by atoms with Crippen LogP contribution in [0.4, 0.5) is 0 Å². The number of aryl methyl sites for hydroxylation is 3. The standard InChI is InChI=1S/C18H18N6O2/c1-21-14-16(22(2)18(26)23(3)17(14)25)19-15(21)13-10-12(20-24(13)4)11-8-6-5-7-9-11/h5-10H,1-4H3. The second-order valence-corrected chi connectivity index (χ2v) is 6.28. The zero-order chi connectivity index (χ0) is 18.6. The van der Waals surface area contributed by atoms with E-state index in [1.165, 1.54) is 11.6 Å². The van der Waals surface area contributed by atoms with Crippen molar-refractivity contribution >= 4 is 11.2 Å². The first-order chi connectivity index (χ1) is 12.4. The SMILES string of the molecule is Cn1nc(-c2ccccc2)cc1-c1nc2c(c(=O)n(C)c(=O)n2C)n1C. The molecular weight excluding hydrogens is 332 g/mol. The maximum Gasteiger partial charge on any atom is 0.332 e. The average molecular weight is 350 g/mol. The predicted molar refractivity (Wildman–Crippen MR) is 98.8 cm³/mol. The van der Waals surface area contributed by atoms with Crippen LogP contribution >= 0.6 is 0 Å². The van der Waals surface area contributed by atoms with Gasteiger partial charge in [0.15, 0.2) is 17.0 Å². The van der Waals surface area contributed by atoms with Crippen LogP contribution in [0.25, 0.3) is 33.9 Å². The first-order valence-electron chi connectivity index (χ1n) is 8.12. The molecule has 0 bridgehead atoms. The Morgan fingerprint density at radius 3 is 2.27 bits per heavy atom. The fourth-order valence-electron chi connectivity index (χ4n) is 3.17. The largest absolute Gasteiger partial charge is 0.332 e. The van der Waals surface area contributed by atoms with E-state index in [1.54, 1.807) is 23.3 Å². The van der Waals surface area contributed by atoms with Crippen LogP contribution in [0.3, 0.4) is 0 Å². The molecule has 1 aromatic carbocycles. The number of aromatic nitrogens is 6. The summed E-state index contributed by atoms with van der Waals surface area (Å²) in [5.41, 5.74) is 2.55. The lowest BCUT2D eigenvalue weighted by atomic mass is 10.1. The van der Waals surface area contributed by atoms with Gasteiger partial charge in [-0.25, -0.2) is 9.78 Å². The summed E-state index contributed by atoms with van der Waals surface area (Å²) in [6.45, 7) is 0. The van der Waals surface area contributed by atoms with E-state index in [4.69, 9.17) is 0 Å². The molecule has 8 nitrogen and oxygen atoms in total. The van der Waals surface area contributed by atoms with Gasteiger partial charge in [0.2, 0.25) is 0 Å². The van der Waals surface area contributed by atoms with Gasteiger partial charge in [-0.1, -0.05) is 30.3 Å². The minimum absolute atomic E-state index is 0.359. The zero-order valence-corrected chi connectivity index (χ0v) is 15.0. The Balaban J connectivity index is 2.00. The number of hydrogen-bond donors (Lipinski definition) is 0. The number of nitrogens with zero attached hydrogens (tertiary/aromatic N) is 6. The smallest absolute Gasteiger partial charge is 0.320 e. The van der Waals surface area contributed by atoms with E-state index in [0.29, 0.717) is 17.0 Å². The summed E-state index contributed by atoms with van der Waals surface area (Å²) >= 11 is 0. The fourth-order valence-corrected chi connectivity index (χ4v) is 3.17. The topological polar surface area (TPSA) is 79.6 Å². The summed E-state index contributed by atoms with van der Waals surface area (Å²) in [5.74, 6) is 0.579. The predicted octanol–water partition coefficient (Wildman–Crippen LogP) is 1.04. The lowest BCUT2D eigenvalue weighted by Gasteiger charge is -2.03. The molecule has 0 atom stereocenters. The molecule has 26 heavy (non-hydrogen) atoms.